The van der Waals surface area contributed by atoms with Crippen molar-refractivity contribution in [1.29, 1.82) is 0 Å². The molecule has 1 N–H and O–H groups in total. The Morgan fingerprint density at radius 3 is 2.87 bits per heavy atom. The summed E-state index contributed by atoms with van der Waals surface area (Å²) in [5, 5.41) is 3.31. The monoisotopic (exact) mass is 323 g/mol. The molecule has 0 aliphatic carbocycles. The van der Waals surface area contributed by atoms with Gasteiger partial charge in [-0.15, -0.1) is 0 Å². The third-order valence-electron chi connectivity index (χ3n) is 1.88. The zero-order valence-electron chi connectivity index (χ0n) is 9.25. The van der Waals surface area contributed by atoms with Crippen molar-refractivity contribution < 1.29 is 9.15 Å². The first-order valence-electron chi connectivity index (χ1n) is 5.25. The van der Waals surface area contributed by atoms with E-state index in [1.807, 2.05) is 12.1 Å². The molecule has 1 aromatic heterocycles. The van der Waals surface area contributed by atoms with Crippen LogP contribution in [-0.4, -0.2) is 19.3 Å². The minimum atomic E-state index is 0.330. The summed E-state index contributed by atoms with van der Waals surface area (Å²) >= 11 is 2.17. The molecule has 0 aromatic carbocycles. The van der Waals surface area contributed by atoms with Crippen molar-refractivity contribution in [1.82, 2.24) is 5.32 Å². The molecule has 86 valence electrons. The fourth-order valence-corrected chi connectivity index (χ4v) is 1.64. The van der Waals surface area contributed by atoms with Gasteiger partial charge in [0, 0.05) is 6.61 Å². The van der Waals surface area contributed by atoms with Gasteiger partial charge in [0.2, 0.25) is 0 Å². The van der Waals surface area contributed by atoms with Crippen LogP contribution in [0.15, 0.2) is 16.5 Å². The van der Waals surface area contributed by atoms with Gasteiger partial charge in [0.1, 0.15) is 5.76 Å². The van der Waals surface area contributed by atoms with E-state index in [1.165, 1.54) is 0 Å². The molecular formula is C11H18INO2. The maximum Gasteiger partial charge on any atom is 0.164 e. The Kier molecular flexibility index (Phi) is 6.28. The highest BCUT2D eigenvalue weighted by Crippen LogP contribution is 2.09. The maximum absolute atomic E-state index is 5.43. The topological polar surface area (TPSA) is 34.4 Å². The molecule has 0 bridgehead atoms. The summed E-state index contributed by atoms with van der Waals surface area (Å²) in [5.74, 6) is 0.990. The Labute approximate surface area is 105 Å². The van der Waals surface area contributed by atoms with Crippen LogP contribution in [0.4, 0.5) is 0 Å². The summed E-state index contributed by atoms with van der Waals surface area (Å²) in [5.41, 5.74) is 0. The molecule has 3 nitrogen and oxygen atoms in total. The zero-order valence-corrected chi connectivity index (χ0v) is 11.4. The highest BCUT2D eigenvalue weighted by molar-refractivity contribution is 14.1. The van der Waals surface area contributed by atoms with Crippen molar-refractivity contribution in [2.24, 2.45) is 0 Å². The van der Waals surface area contributed by atoms with E-state index in [2.05, 4.69) is 41.8 Å². The van der Waals surface area contributed by atoms with Gasteiger partial charge in [-0.05, 0) is 61.5 Å². The largest absolute Gasteiger partial charge is 0.454 e. The van der Waals surface area contributed by atoms with Gasteiger partial charge in [-0.1, -0.05) is 0 Å². The van der Waals surface area contributed by atoms with Gasteiger partial charge in [-0.25, -0.2) is 0 Å². The Bertz CT molecular complexity index is 273. The fourth-order valence-electron chi connectivity index (χ4n) is 1.17. The van der Waals surface area contributed by atoms with E-state index in [9.17, 15) is 0 Å². The summed E-state index contributed by atoms with van der Waals surface area (Å²) in [6, 6.07) is 3.97. The summed E-state index contributed by atoms with van der Waals surface area (Å²) in [7, 11) is 0. The van der Waals surface area contributed by atoms with Crippen molar-refractivity contribution in [3.63, 3.8) is 0 Å². The van der Waals surface area contributed by atoms with Gasteiger partial charge in [0.25, 0.3) is 0 Å². The minimum Gasteiger partial charge on any atom is -0.454 e. The highest BCUT2D eigenvalue weighted by Gasteiger charge is 1.98. The van der Waals surface area contributed by atoms with Gasteiger partial charge in [-0.3, -0.25) is 0 Å². The predicted octanol–water partition coefficient (Wildman–Crippen LogP) is 2.79. The van der Waals surface area contributed by atoms with E-state index < -0.39 is 0 Å². The second-order valence-electron chi connectivity index (χ2n) is 3.66. The molecule has 0 saturated heterocycles. The van der Waals surface area contributed by atoms with Crippen LogP contribution in [0.2, 0.25) is 0 Å². The molecule has 0 aliphatic heterocycles. The van der Waals surface area contributed by atoms with E-state index in [0.29, 0.717) is 6.10 Å². The summed E-state index contributed by atoms with van der Waals surface area (Å²) in [6.07, 6.45) is 1.37. The van der Waals surface area contributed by atoms with Gasteiger partial charge >= 0.3 is 0 Å². The Morgan fingerprint density at radius 2 is 2.27 bits per heavy atom. The lowest BCUT2D eigenvalue weighted by Gasteiger charge is -2.07. The van der Waals surface area contributed by atoms with Crippen LogP contribution in [0, 0.1) is 3.77 Å². The number of hydrogen-bond acceptors (Lipinski definition) is 3. The molecule has 0 radical (unpaired) electrons. The van der Waals surface area contributed by atoms with Crippen molar-refractivity contribution in [2.75, 3.05) is 13.2 Å². The van der Waals surface area contributed by atoms with Gasteiger partial charge < -0.3 is 14.5 Å². The zero-order chi connectivity index (χ0) is 11.1. The lowest BCUT2D eigenvalue weighted by molar-refractivity contribution is 0.0770. The first-order valence-corrected chi connectivity index (χ1v) is 6.33. The number of hydrogen-bond donors (Lipinski definition) is 1. The number of rotatable bonds is 7. The van der Waals surface area contributed by atoms with Crippen molar-refractivity contribution in [3.05, 3.63) is 21.7 Å². The first kappa shape index (κ1) is 13.0. The average molecular weight is 323 g/mol. The standard InChI is InChI=1S/C11H18INO2/c1-9(2)14-7-3-6-13-8-10-4-5-11(12)15-10/h4-5,9,13H,3,6-8H2,1-2H3. The Morgan fingerprint density at radius 1 is 1.47 bits per heavy atom. The predicted molar refractivity (Wildman–Crippen MR) is 68.8 cm³/mol. The molecule has 0 unspecified atom stereocenters. The Balaban J connectivity index is 1.98. The molecule has 1 aromatic rings. The number of nitrogens with one attached hydrogen (secondary N) is 1. The van der Waals surface area contributed by atoms with E-state index in [0.717, 1.165) is 35.6 Å². The van der Waals surface area contributed by atoms with Crippen molar-refractivity contribution >= 4 is 22.6 Å². The van der Waals surface area contributed by atoms with Crippen LogP contribution in [0.3, 0.4) is 0 Å². The number of halogens is 1. The smallest absolute Gasteiger partial charge is 0.164 e. The third-order valence-corrected chi connectivity index (χ3v) is 2.46. The second kappa shape index (κ2) is 7.24. The Hall–Kier alpha value is -0.0700. The van der Waals surface area contributed by atoms with Crippen LogP contribution in [0.5, 0.6) is 0 Å². The molecule has 0 fully saturated rings. The molecule has 0 saturated carbocycles. The molecule has 0 spiro atoms. The third kappa shape index (κ3) is 6.17. The SMILES string of the molecule is CC(C)OCCCNCc1ccc(I)o1. The quantitative estimate of drug-likeness (QED) is 0.619. The molecule has 0 aliphatic rings. The summed E-state index contributed by atoms with van der Waals surface area (Å²) < 4.78 is 11.8. The highest BCUT2D eigenvalue weighted by atomic mass is 127. The van der Waals surface area contributed by atoms with E-state index >= 15 is 0 Å². The average Bonchev–Trinajstić information content (AvgIpc) is 2.57. The van der Waals surface area contributed by atoms with Gasteiger partial charge in [-0.2, -0.15) is 0 Å². The molecule has 1 heterocycles. The van der Waals surface area contributed by atoms with Crippen molar-refractivity contribution in [2.45, 2.75) is 32.9 Å². The van der Waals surface area contributed by atoms with E-state index in [1.54, 1.807) is 0 Å². The first-order chi connectivity index (χ1) is 7.18. The van der Waals surface area contributed by atoms with Crippen LogP contribution >= 0.6 is 22.6 Å². The fraction of sp³-hybridized carbons (Fsp3) is 0.636. The normalized spacial score (nSPS) is 11.2. The molecule has 15 heavy (non-hydrogen) atoms. The molecule has 0 amide bonds. The summed E-state index contributed by atoms with van der Waals surface area (Å²) in [6.45, 7) is 6.69. The number of furan rings is 1. The molecule has 0 atom stereocenters. The van der Waals surface area contributed by atoms with Crippen molar-refractivity contribution in [3.8, 4) is 0 Å². The molecule has 4 heteroatoms. The van der Waals surface area contributed by atoms with Gasteiger partial charge in [0.15, 0.2) is 3.77 Å². The van der Waals surface area contributed by atoms with Gasteiger partial charge in [0.05, 0.1) is 12.6 Å². The maximum atomic E-state index is 5.43. The second-order valence-corrected chi connectivity index (χ2v) is 4.72. The van der Waals surface area contributed by atoms with E-state index in [-0.39, 0.29) is 0 Å². The lowest BCUT2D eigenvalue weighted by Crippen LogP contribution is -2.17. The lowest BCUT2D eigenvalue weighted by atomic mass is 10.4. The minimum absolute atomic E-state index is 0.330. The van der Waals surface area contributed by atoms with E-state index in [4.69, 9.17) is 9.15 Å². The molecular weight excluding hydrogens is 305 g/mol. The van der Waals surface area contributed by atoms with Crippen LogP contribution in [-0.2, 0) is 11.3 Å². The summed E-state index contributed by atoms with van der Waals surface area (Å²) in [4.78, 5) is 0. The number of ether oxygens (including phenoxy) is 1. The van der Waals surface area contributed by atoms with Crippen LogP contribution in [0.1, 0.15) is 26.0 Å². The van der Waals surface area contributed by atoms with Crippen LogP contribution < -0.4 is 5.32 Å². The molecule has 1 rings (SSSR count). The van der Waals surface area contributed by atoms with Crippen LogP contribution in [0.25, 0.3) is 0 Å².